The summed E-state index contributed by atoms with van der Waals surface area (Å²) >= 11 is 3.64. The second kappa shape index (κ2) is 6.74. The van der Waals surface area contributed by atoms with Crippen LogP contribution in [0.4, 0.5) is 0 Å². The Morgan fingerprint density at radius 1 is 1.45 bits per heavy atom. The maximum Gasteiger partial charge on any atom is 0.269 e. The zero-order valence-electron chi connectivity index (χ0n) is 12.4. The number of carbonyl (C=O) groups is 1. The number of halogens is 1. The highest BCUT2D eigenvalue weighted by Crippen LogP contribution is 2.37. The molecule has 1 amide bonds. The first-order valence-corrected chi connectivity index (χ1v) is 8.61. The van der Waals surface area contributed by atoms with E-state index in [1.807, 2.05) is 19.9 Å². The Kier molecular flexibility index (Phi) is 5.24. The van der Waals surface area contributed by atoms with Gasteiger partial charge in [0.15, 0.2) is 0 Å². The van der Waals surface area contributed by atoms with Crippen molar-refractivity contribution >= 4 is 21.8 Å². The molecule has 1 aromatic rings. The van der Waals surface area contributed by atoms with Crippen molar-refractivity contribution in [3.63, 3.8) is 0 Å². The second-order valence-electron chi connectivity index (χ2n) is 5.86. The van der Waals surface area contributed by atoms with Gasteiger partial charge in [0.05, 0.1) is 5.69 Å². The third-order valence-corrected chi connectivity index (χ3v) is 5.45. The zero-order valence-corrected chi connectivity index (χ0v) is 14.0. The maximum atomic E-state index is 12.4. The molecular weight excluding hydrogens is 318 g/mol. The summed E-state index contributed by atoms with van der Waals surface area (Å²) in [7, 11) is 0. The van der Waals surface area contributed by atoms with Gasteiger partial charge in [-0.25, -0.2) is 0 Å². The minimum absolute atomic E-state index is 0.00153. The lowest BCUT2D eigenvalue weighted by molar-refractivity contribution is 0.0911. The van der Waals surface area contributed by atoms with E-state index in [9.17, 15) is 4.79 Å². The number of nitrogens with zero attached hydrogens (tertiary/aromatic N) is 2. The van der Waals surface area contributed by atoms with E-state index in [0.717, 1.165) is 24.1 Å². The minimum atomic E-state index is -0.00153. The Bertz CT molecular complexity index is 464. The van der Waals surface area contributed by atoms with Gasteiger partial charge in [0, 0.05) is 18.4 Å². The van der Waals surface area contributed by atoms with Gasteiger partial charge >= 0.3 is 0 Å². The highest BCUT2D eigenvalue weighted by Gasteiger charge is 2.31. The number of aromatic nitrogens is 2. The predicted octanol–water partition coefficient (Wildman–Crippen LogP) is 3.29. The van der Waals surface area contributed by atoms with Crippen LogP contribution in [0.5, 0.6) is 0 Å². The van der Waals surface area contributed by atoms with Crippen LogP contribution >= 0.6 is 15.9 Å². The zero-order chi connectivity index (χ0) is 14.6. The van der Waals surface area contributed by atoms with Crippen LogP contribution < -0.4 is 5.32 Å². The summed E-state index contributed by atoms with van der Waals surface area (Å²) in [5.41, 5.74) is 1.80. The molecule has 0 radical (unpaired) electrons. The number of rotatable bonds is 5. The van der Waals surface area contributed by atoms with Crippen LogP contribution in [0.15, 0.2) is 6.07 Å². The maximum absolute atomic E-state index is 12.4. The Hall–Kier alpha value is -0.840. The van der Waals surface area contributed by atoms with Crippen molar-refractivity contribution in [3.8, 4) is 0 Å². The number of carbonyl (C=O) groups excluding carboxylic acids is 1. The fourth-order valence-electron chi connectivity index (χ4n) is 2.99. The summed E-state index contributed by atoms with van der Waals surface area (Å²) in [5.74, 6) is -0.00153. The summed E-state index contributed by atoms with van der Waals surface area (Å²) in [6, 6.07) is 1.86. The van der Waals surface area contributed by atoms with Crippen LogP contribution in [0.25, 0.3) is 0 Å². The van der Waals surface area contributed by atoms with Gasteiger partial charge in [-0.05, 0) is 38.2 Å². The summed E-state index contributed by atoms with van der Waals surface area (Å²) in [6.07, 6.45) is 6.26. The summed E-state index contributed by atoms with van der Waals surface area (Å²) in [5, 5.41) is 8.41. The number of hydrogen-bond donors (Lipinski definition) is 1. The number of alkyl halides is 1. The summed E-state index contributed by atoms with van der Waals surface area (Å²) < 4.78 is 1.77. The van der Waals surface area contributed by atoms with Crippen LogP contribution in [-0.2, 0) is 6.54 Å². The number of hydrogen-bond acceptors (Lipinski definition) is 2. The van der Waals surface area contributed by atoms with Crippen LogP contribution in [0.3, 0.4) is 0 Å². The van der Waals surface area contributed by atoms with Crippen molar-refractivity contribution in [2.24, 2.45) is 5.41 Å². The first-order chi connectivity index (χ1) is 9.60. The van der Waals surface area contributed by atoms with Crippen LogP contribution in [-0.4, -0.2) is 27.6 Å². The molecule has 20 heavy (non-hydrogen) atoms. The highest BCUT2D eigenvalue weighted by atomic mass is 79.9. The monoisotopic (exact) mass is 341 g/mol. The van der Waals surface area contributed by atoms with Crippen LogP contribution in [0.2, 0.25) is 0 Å². The quantitative estimate of drug-likeness (QED) is 0.835. The average molecular weight is 342 g/mol. The van der Waals surface area contributed by atoms with Gasteiger partial charge in [-0.2, -0.15) is 5.10 Å². The van der Waals surface area contributed by atoms with E-state index >= 15 is 0 Å². The molecular formula is C15H24BrN3O. The van der Waals surface area contributed by atoms with Crippen molar-refractivity contribution in [1.29, 1.82) is 0 Å². The van der Waals surface area contributed by atoms with Gasteiger partial charge in [0.2, 0.25) is 0 Å². The molecule has 1 saturated carbocycles. The van der Waals surface area contributed by atoms with Gasteiger partial charge in [-0.15, -0.1) is 0 Å². The Labute approximate surface area is 129 Å². The molecule has 1 heterocycles. The van der Waals surface area contributed by atoms with E-state index in [2.05, 4.69) is 26.3 Å². The molecule has 1 fully saturated rings. The summed E-state index contributed by atoms with van der Waals surface area (Å²) in [6.45, 7) is 5.40. The minimum Gasteiger partial charge on any atom is -0.350 e. The fourth-order valence-corrected chi connectivity index (χ4v) is 3.75. The van der Waals surface area contributed by atoms with E-state index in [1.165, 1.54) is 32.1 Å². The molecule has 1 aromatic heterocycles. The lowest BCUT2D eigenvalue weighted by Gasteiger charge is -2.35. The van der Waals surface area contributed by atoms with Crippen molar-refractivity contribution in [1.82, 2.24) is 15.1 Å². The molecule has 0 saturated heterocycles. The van der Waals surface area contributed by atoms with Gasteiger partial charge in [0.25, 0.3) is 5.91 Å². The lowest BCUT2D eigenvalue weighted by atomic mass is 9.75. The van der Waals surface area contributed by atoms with Gasteiger partial charge in [-0.1, -0.05) is 35.2 Å². The van der Waals surface area contributed by atoms with Crippen molar-refractivity contribution in [2.45, 2.75) is 52.5 Å². The van der Waals surface area contributed by atoms with Crippen molar-refractivity contribution in [3.05, 3.63) is 17.5 Å². The fraction of sp³-hybridized carbons (Fsp3) is 0.733. The van der Waals surface area contributed by atoms with Crippen molar-refractivity contribution in [2.75, 3.05) is 11.9 Å². The molecule has 1 N–H and O–H groups in total. The molecule has 4 nitrogen and oxygen atoms in total. The molecule has 0 atom stereocenters. The molecule has 0 aromatic carbocycles. The second-order valence-corrected chi connectivity index (χ2v) is 6.42. The molecule has 1 aliphatic rings. The van der Waals surface area contributed by atoms with E-state index in [0.29, 0.717) is 5.69 Å². The number of aryl methyl sites for hydroxylation is 2. The Balaban J connectivity index is 2.00. The van der Waals surface area contributed by atoms with E-state index in [4.69, 9.17) is 0 Å². The molecule has 1 aliphatic carbocycles. The van der Waals surface area contributed by atoms with E-state index in [1.54, 1.807) is 4.68 Å². The molecule has 0 spiro atoms. The van der Waals surface area contributed by atoms with E-state index in [-0.39, 0.29) is 11.3 Å². The lowest BCUT2D eigenvalue weighted by Crippen LogP contribution is -2.40. The third kappa shape index (κ3) is 3.43. The predicted molar refractivity (Wildman–Crippen MR) is 84.3 cm³/mol. The molecule has 2 rings (SSSR count). The Morgan fingerprint density at radius 2 is 2.15 bits per heavy atom. The first kappa shape index (κ1) is 15.5. The van der Waals surface area contributed by atoms with Crippen LogP contribution in [0, 0.1) is 12.3 Å². The Morgan fingerprint density at radius 3 is 2.75 bits per heavy atom. The van der Waals surface area contributed by atoms with E-state index < -0.39 is 0 Å². The van der Waals surface area contributed by atoms with Crippen molar-refractivity contribution < 1.29 is 4.79 Å². The smallest absolute Gasteiger partial charge is 0.269 e. The number of amides is 1. The van der Waals surface area contributed by atoms with Gasteiger partial charge in [-0.3, -0.25) is 9.48 Å². The van der Waals surface area contributed by atoms with Crippen LogP contribution in [0.1, 0.15) is 55.2 Å². The summed E-state index contributed by atoms with van der Waals surface area (Å²) in [4.78, 5) is 12.4. The standard InChI is InChI=1S/C15H24BrN3O/c1-3-19-13(9-12(2)18-19)14(20)17-11-15(10-16)7-5-4-6-8-15/h9H,3-8,10-11H2,1-2H3,(H,17,20). The SMILES string of the molecule is CCn1nc(C)cc1C(=O)NCC1(CBr)CCCCC1. The molecule has 5 heteroatoms. The highest BCUT2D eigenvalue weighted by molar-refractivity contribution is 9.09. The van der Waals surface area contributed by atoms with Gasteiger partial charge in [0.1, 0.15) is 5.69 Å². The molecule has 112 valence electrons. The van der Waals surface area contributed by atoms with Gasteiger partial charge < -0.3 is 5.32 Å². The molecule has 0 bridgehead atoms. The third-order valence-electron chi connectivity index (χ3n) is 4.26. The molecule has 0 unspecified atom stereocenters. The normalized spacial score (nSPS) is 17.9. The average Bonchev–Trinajstić information content (AvgIpc) is 2.87. The topological polar surface area (TPSA) is 46.9 Å². The largest absolute Gasteiger partial charge is 0.350 e. The number of nitrogens with one attached hydrogen (secondary N) is 1. The first-order valence-electron chi connectivity index (χ1n) is 7.49. The molecule has 0 aliphatic heterocycles.